The van der Waals surface area contributed by atoms with Crippen LogP contribution in [0.15, 0.2) is 22.7 Å². The Hall–Kier alpha value is -0.740. The maximum Gasteiger partial charge on any atom is 0.144 e. The molecule has 4 heteroatoms. The molecule has 1 fully saturated rings. The first-order valence-electron chi connectivity index (χ1n) is 5.95. The summed E-state index contributed by atoms with van der Waals surface area (Å²) in [5.74, 6) is 0.941. The number of hydrogen-bond acceptors (Lipinski definition) is 3. The van der Waals surface area contributed by atoms with Gasteiger partial charge < -0.3 is 14.4 Å². The van der Waals surface area contributed by atoms with E-state index in [4.69, 9.17) is 9.47 Å². The predicted molar refractivity (Wildman–Crippen MR) is 72.9 cm³/mol. The maximum absolute atomic E-state index is 5.87. The Morgan fingerprint density at radius 3 is 2.65 bits per heavy atom. The standard InChI is InChI=1S/C13H18BrNO2/c1-10(2)17-13-9-11(14)3-4-12(13)15-5-7-16-8-6-15/h3-4,9-10H,5-8H2,1-2H3. The van der Waals surface area contributed by atoms with Crippen LogP contribution in [0.2, 0.25) is 0 Å². The first-order valence-corrected chi connectivity index (χ1v) is 6.75. The highest BCUT2D eigenvalue weighted by Gasteiger charge is 2.16. The van der Waals surface area contributed by atoms with E-state index >= 15 is 0 Å². The Morgan fingerprint density at radius 2 is 2.00 bits per heavy atom. The van der Waals surface area contributed by atoms with E-state index in [1.54, 1.807) is 0 Å². The number of hydrogen-bond donors (Lipinski definition) is 0. The zero-order valence-corrected chi connectivity index (χ0v) is 11.9. The van der Waals surface area contributed by atoms with E-state index in [-0.39, 0.29) is 6.10 Å². The SMILES string of the molecule is CC(C)Oc1cc(Br)ccc1N1CCOCC1. The van der Waals surface area contributed by atoms with Crippen LogP contribution in [0.5, 0.6) is 5.75 Å². The zero-order chi connectivity index (χ0) is 12.3. The third-order valence-corrected chi connectivity index (χ3v) is 3.13. The summed E-state index contributed by atoms with van der Waals surface area (Å²) < 4.78 is 12.3. The number of rotatable bonds is 3. The van der Waals surface area contributed by atoms with Crippen molar-refractivity contribution in [2.75, 3.05) is 31.2 Å². The minimum absolute atomic E-state index is 0.184. The number of morpholine rings is 1. The van der Waals surface area contributed by atoms with Crippen molar-refractivity contribution in [3.8, 4) is 5.75 Å². The summed E-state index contributed by atoms with van der Waals surface area (Å²) in [4.78, 5) is 2.31. The molecule has 0 amide bonds. The predicted octanol–water partition coefficient (Wildman–Crippen LogP) is 3.07. The molecule has 0 N–H and O–H groups in total. The smallest absolute Gasteiger partial charge is 0.144 e. The number of anilines is 1. The van der Waals surface area contributed by atoms with E-state index < -0.39 is 0 Å². The third kappa shape index (κ3) is 3.36. The van der Waals surface area contributed by atoms with Gasteiger partial charge in [-0.2, -0.15) is 0 Å². The van der Waals surface area contributed by atoms with Crippen LogP contribution in [-0.4, -0.2) is 32.4 Å². The fraction of sp³-hybridized carbons (Fsp3) is 0.538. The highest BCUT2D eigenvalue weighted by Crippen LogP contribution is 2.32. The average molecular weight is 300 g/mol. The van der Waals surface area contributed by atoms with Gasteiger partial charge in [-0.15, -0.1) is 0 Å². The van der Waals surface area contributed by atoms with Crippen LogP contribution in [0.1, 0.15) is 13.8 Å². The van der Waals surface area contributed by atoms with Crippen molar-refractivity contribution in [3.63, 3.8) is 0 Å². The first kappa shape index (κ1) is 12.7. The van der Waals surface area contributed by atoms with Gasteiger partial charge in [-0.25, -0.2) is 0 Å². The molecule has 0 spiro atoms. The van der Waals surface area contributed by atoms with Crippen molar-refractivity contribution in [2.24, 2.45) is 0 Å². The van der Waals surface area contributed by atoms with E-state index in [0.29, 0.717) is 0 Å². The van der Waals surface area contributed by atoms with Crippen LogP contribution >= 0.6 is 15.9 Å². The van der Waals surface area contributed by atoms with E-state index in [1.807, 2.05) is 19.9 Å². The topological polar surface area (TPSA) is 21.7 Å². The van der Waals surface area contributed by atoms with E-state index in [2.05, 4.69) is 33.0 Å². The van der Waals surface area contributed by atoms with Gasteiger partial charge >= 0.3 is 0 Å². The summed E-state index contributed by atoms with van der Waals surface area (Å²) in [5.41, 5.74) is 1.16. The lowest BCUT2D eigenvalue weighted by atomic mass is 10.2. The van der Waals surface area contributed by atoms with Gasteiger partial charge in [-0.1, -0.05) is 15.9 Å². The Kier molecular flexibility index (Phi) is 4.29. The molecule has 0 aliphatic carbocycles. The van der Waals surface area contributed by atoms with E-state index in [9.17, 15) is 0 Å². The molecule has 1 heterocycles. The number of halogens is 1. The lowest BCUT2D eigenvalue weighted by Crippen LogP contribution is -2.36. The third-order valence-electron chi connectivity index (χ3n) is 2.64. The van der Waals surface area contributed by atoms with Gasteiger partial charge in [-0.3, -0.25) is 0 Å². The highest BCUT2D eigenvalue weighted by molar-refractivity contribution is 9.10. The lowest BCUT2D eigenvalue weighted by molar-refractivity contribution is 0.122. The van der Waals surface area contributed by atoms with Crippen LogP contribution < -0.4 is 9.64 Å². The van der Waals surface area contributed by atoms with Crippen molar-refractivity contribution in [3.05, 3.63) is 22.7 Å². The van der Waals surface area contributed by atoms with Gasteiger partial charge in [0.1, 0.15) is 5.75 Å². The first-order chi connectivity index (χ1) is 8.16. The molecular weight excluding hydrogens is 282 g/mol. The molecule has 17 heavy (non-hydrogen) atoms. The van der Waals surface area contributed by atoms with Crippen molar-refractivity contribution in [1.82, 2.24) is 0 Å². The molecule has 94 valence electrons. The van der Waals surface area contributed by atoms with Crippen LogP contribution in [-0.2, 0) is 4.74 Å². The van der Waals surface area contributed by atoms with Crippen LogP contribution in [0.4, 0.5) is 5.69 Å². The summed E-state index contributed by atoms with van der Waals surface area (Å²) in [6, 6.07) is 6.19. The van der Waals surface area contributed by atoms with E-state index in [0.717, 1.165) is 42.2 Å². The van der Waals surface area contributed by atoms with Crippen molar-refractivity contribution in [2.45, 2.75) is 20.0 Å². The lowest BCUT2D eigenvalue weighted by Gasteiger charge is -2.30. The Morgan fingerprint density at radius 1 is 1.29 bits per heavy atom. The molecule has 0 saturated carbocycles. The molecule has 1 aromatic carbocycles. The second-order valence-corrected chi connectivity index (χ2v) is 5.29. The quantitative estimate of drug-likeness (QED) is 0.856. The molecule has 0 unspecified atom stereocenters. The van der Waals surface area contributed by atoms with Crippen molar-refractivity contribution >= 4 is 21.6 Å². The molecule has 2 rings (SSSR count). The molecular formula is C13H18BrNO2. The monoisotopic (exact) mass is 299 g/mol. The Bertz CT molecular complexity index is 376. The van der Waals surface area contributed by atoms with E-state index in [1.165, 1.54) is 0 Å². The molecule has 0 aromatic heterocycles. The minimum atomic E-state index is 0.184. The second-order valence-electron chi connectivity index (χ2n) is 4.38. The van der Waals surface area contributed by atoms with Crippen molar-refractivity contribution in [1.29, 1.82) is 0 Å². The maximum atomic E-state index is 5.87. The van der Waals surface area contributed by atoms with Crippen LogP contribution in [0, 0.1) is 0 Å². The number of ether oxygens (including phenoxy) is 2. The highest BCUT2D eigenvalue weighted by atomic mass is 79.9. The normalized spacial score (nSPS) is 16.4. The average Bonchev–Trinajstić information content (AvgIpc) is 2.29. The van der Waals surface area contributed by atoms with Gasteiger partial charge in [0.15, 0.2) is 0 Å². The summed E-state index contributed by atoms with van der Waals surface area (Å²) >= 11 is 3.49. The molecule has 1 aliphatic rings. The fourth-order valence-corrected chi connectivity index (χ4v) is 2.24. The van der Waals surface area contributed by atoms with Gasteiger partial charge in [-0.05, 0) is 32.0 Å². The molecule has 0 atom stereocenters. The second kappa shape index (κ2) is 5.74. The zero-order valence-electron chi connectivity index (χ0n) is 10.3. The van der Waals surface area contributed by atoms with Gasteiger partial charge in [0.05, 0.1) is 25.0 Å². The summed E-state index contributed by atoms with van der Waals surface area (Å²) in [7, 11) is 0. The van der Waals surface area contributed by atoms with Crippen molar-refractivity contribution < 1.29 is 9.47 Å². The molecule has 3 nitrogen and oxygen atoms in total. The molecule has 1 aromatic rings. The number of benzene rings is 1. The summed E-state index contributed by atoms with van der Waals surface area (Å²) in [6.07, 6.45) is 0.184. The molecule has 0 radical (unpaired) electrons. The molecule has 1 saturated heterocycles. The van der Waals surface area contributed by atoms with Gasteiger partial charge in [0.25, 0.3) is 0 Å². The van der Waals surface area contributed by atoms with Gasteiger partial charge in [0, 0.05) is 17.6 Å². The fourth-order valence-electron chi connectivity index (χ4n) is 1.90. The minimum Gasteiger partial charge on any atom is -0.489 e. The number of nitrogens with zero attached hydrogens (tertiary/aromatic N) is 1. The molecule has 0 bridgehead atoms. The Labute approximate surface area is 111 Å². The van der Waals surface area contributed by atoms with Crippen LogP contribution in [0.3, 0.4) is 0 Å². The van der Waals surface area contributed by atoms with Crippen LogP contribution in [0.25, 0.3) is 0 Å². The summed E-state index contributed by atoms with van der Waals surface area (Å²) in [5, 5.41) is 0. The largest absolute Gasteiger partial charge is 0.489 e. The Balaban J connectivity index is 2.24. The summed E-state index contributed by atoms with van der Waals surface area (Å²) in [6.45, 7) is 7.52. The molecule has 1 aliphatic heterocycles. The van der Waals surface area contributed by atoms with Gasteiger partial charge in [0.2, 0.25) is 0 Å².